The molecule has 1 aliphatic rings. The molecule has 0 radical (unpaired) electrons. The van der Waals surface area contributed by atoms with Gasteiger partial charge in [-0.05, 0) is 17.7 Å². The number of aliphatic hydroxyl groups excluding tert-OH is 1. The van der Waals surface area contributed by atoms with Gasteiger partial charge in [-0.15, -0.1) is 10.2 Å². The molecule has 0 saturated carbocycles. The minimum Gasteiger partial charge on any atom is -0.387 e. The van der Waals surface area contributed by atoms with Gasteiger partial charge in [0.1, 0.15) is 12.4 Å². The highest BCUT2D eigenvalue weighted by molar-refractivity contribution is 6.30. The Morgan fingerprint density at radius 1 is 1.50 bits per heavy atom. The number of ether oxygens (including phenoxy) is 1. The lowest BCUT2D eigenvalue weighted by molar-refractivity contribution is -0.0474. The number of aryl methyl sites for hydroxylation is 1. The molecule has 1 saturated heterocycles. The lowest BCUT2D eigenvalue weighted by atomic mass is 10.1. The van der Waals surface area contributed by atoms with Gasteiger partial charge in [-0.3, -0.25) is 4.90 Å². The number of nitrogens with zero attached hydrogens (tertiary/aromatic N) is 4. The Balaban J connectivity index is 1.64. The van der Waals surface area contributed by atoms with Crippen LogP contribution in [0.1, 0.15) is 23.6 Å². The van der Waals surface area contributed by atoms with Crippen LogP contribution in [-0.2, 0) is 11.8 Å². The van der Waals surface area contributed by atoms with Crippen molar-refractivity contribution in [2.45, 2.75) is 12.2 Å². The van der Waals surface area contributed by atoms with E-state index in [0.717, 1.165) is 17.9 Å². The molecule has 0 amide bonds. The quantitative estimate of drug-likeness (QED) is 0.926. The molecule has 0 spiro atoms. The molecular weight excluding hydrogens is 304 g/mol. The van der Waals surface area contributed by atoms with E-state index in [1.54, 1.807) is 18.5 Å². The number of morpholine rings is 1. The highest BCUT2D eigenvalue weighted by Gasteiger charge is 2.26. The standard InChI is InChI=1S/C15H19ClN4O2/c1-19-10-17-18-15(19)14-9-20(5-6-22-14)8-13(21)11-3-2-4-12(16)7-11/h2-4,7,10,13-14,21H,5-6,8-9H2,1H3/t13-,14-/m1/s1. The third kappa shape index (κ3) is 3.47. The van der Waals surface area contributed by atoms with Crippen molar-refractivity contribution in [3.8, 4) is 0 Å². The van der Waals surface area contributed by atoms with Crippen LogP contribution >= 0.6 is 11.6 Å². The second-order valence-corrected chi connectivity index (χ2v) is 5.93. The van der Waals surface area contributed by atoms with Gasteiger partial charge < -0.3 is 14.4 Å². The molecule has 0 unspecified atom stereocenters. The van der Waals surface area contributed by atoms with Crippen molar-refractivity contribution in [1.82, 2.24) is 19.7 Å². The molecule has 1 aromatic carbocycles. The SMILES string of the molecule is Cn1cnnc1[C@H]1CN(C[C@@H](O)c2cccc(Cl)c2)CCO1. The van der Waals surface area contributed by atoms with E-state index in [0.29, 0.717) is 24.7 Å². The van der Waals surface area contributed by atoms with Gasteiger partial charge in [0.25, 0.3) is 0 Å². The molecular formula is C15H19ClN4O2. The Morgan fingerprint density at radius 3 is 3.09 bits per heavy atom. The largest absolute Gasteiger partial charge is 0.387 e. The monoisotopic (exact) mass is 322 g/mol. The zero-order chi connectivity index (χ0) is 15.5. The average molecular weight is 323 g/mol. The zero-order valence-electron chi connectivity index (χ0n) is 12.4. The fourth-order valence-corrected chi connectivity index (χ4v) is 2.87. The second-order valence-electron chi connectivity index (χ2n) is 5.49. The fourth-order valence-electron chi connectivity index (χ4n) is 2.67. The summed E-state index contributed by atoms with van der Waals surface area (Å²) in [7, 11) is 1.90. The number of hydrogen-bond acceptors (Lipinski definition) is 5. The molecule has 7 heteroatoms. The van der Waals surface area contributed by atoms with Crippen LogP contribution in [0.3, 0.4) is 0 Å². The number of aliphatic hydroxyl groups is 1. The molecule has 6 nitrogen and oxygen atoms in total. The fraction of sp³-hybridized carbons (Fsp3) is 0.467. The van der Waals surface area contributed by atoms with E-state index in [1.165, 1.54) is 0 Å². The summed E-state index contributed by atoms with van der Waals surface area (Å²) in [5.74, 6) is 0.807. The van der Waals surface area contributed by atoms with Gasteiger partial charge in [0.15, 0.2) is 5.82 Å². The predicted octanol–water partition coefficient (Wildman–Crippen LogP) is 1.58. The van der Waals surface area contributed by atoms with Crippen LogP contribution in [0.25, 0.3) is 0 Å². The van der Waals surface area contributed by atoms with Gasteiger partial charge in [0, 0.05) is 31.7 Å². The zero-order valence-corrected chi connectivity index (χ0v) is 13.1. The highest BCUT2D eigenvalue weighted by atomic mass is 35.5. The first-order chi connectivity index (χ1) is 10.6. The molecule has 1 aliphatic heterocycles. The van der Waals surface area contributed by atoms with Crippen LogP contribution in [0.2, 0.25) is 5.02 Å². The molecule has 2 atom stereocenters. The summed E-state index contributed by atoms with van der Waals surface area (Å²) < 4.78 is 7.63. The van der Waals surface area contributed by atoms with E-state index in [4.69, 9.17) is 16.3 Å². The molecule has 118 valence electrons. The third-order valence-electron chi connectivity index (χ3n) is 3.85. The van der Waals surface area contributed by atoms with Gasteiger partial charge in [0.2, 0.25) is 0 Å². The first-order valence-corrected chi connectivity index (χ1v) is 7.62. The smallest absolute Gasteiger partial charge is 0.163 e. The van der Waals surface area contributed by atoms with E-state index in [1.807, 2.05) is 23.7 Å². The summed E-state index contributed by atoms with van der Waals surface area (Å²) in [5, 5.41) is 19.0. The average Bonchev–Trinajstić information content (AvgIpc) is 2.94. The Hall–Kier alpha value is -1.47. The molecule has 1 N–H and O–H groups in total. The first kappa shape index (κ1) is 15.4. The van der Waals surface area contributed by atoms with Gasteiger partial charge in [-0.1, -0.05) is 23.7 Å². The Bertz CT molecular complexity index is 634. The number of halogens is 1. The summed E-state index contributed by atoms with van der Waals surface area (Å²) in [6.07, 6.45) is 0.975. The lowest BCUT2D eigenvalue weighted by Crippen LogP contribution is -2.41. The molecule has 1 fully saturated rings. The van der Waals surface area contributed by atoms with Gasteiger partial charge in [0.05, 0.1) is 12.7 Å². The minimum atomic E-state index is -0.572. The van der Waals surface area contributed by atoms with Crippen LogP contribution in [0.5, 0.6) is 0 Å². The molecule has 0 bridgehead atoms. The molecule has 3 rings (SSSR count). The Labute approximate surface area is 134 Å². The number of benzene rings is 1. The van der Waals surface area contributed by atoms with Crippen LogP contribution in [0.4, 0.5) is 0 Å². The van der Waals surface area contributed by atoms with Gasteiger partial charge in [-0.2, -0.15) is 0 Å². The van der Waals surface area contributed by atoms with Crippen molar-refractivity contribution in [1.29, 1.82) is 0 Å². The minimum absolute atomic E-state index is 0.118. The lowest BCUT2D eigenvalue weighted by Gasteiger charge is -2.33. The predicted molar refractivity (Wildman–Crippen MR) is 82.5 cm³/mol. The third-order valence-corrected chi connectivity index (χ3v) is 4.08. The van der Waals surface area contributed by atoms with Crippen LogP contribution < -0.4 is 0 Å². The normalized spacial score (nSPS) is 21.0. The molecule has 2 aromatic rings. The number of aromatic nitrogens is 3. The number of rotatable bonds is 4. The van der Waals surface area contributed by atoms with E-state index >= 15 is 0 Å². The van der Waals surface area contributed by atoms with Crippen molar-refractivity contribution in [3.05, 3.63) is 47.0 Å². The summed E-state index contributed by atoms with van der Waals surface area (Å²) in [6, 6.07) is 7.34. The van der Waals surface area contributed by atoms with Crippen molar-refractivity contribution < 1.29 is 9.84 Å². The number of hydrogen-bond donors (Lipinski definition) is 1. The maximum atomic E-state index is 10.4. The molecule has 22 heavy (non-hydrogen) atoms. The Morgan fingerprint density at radius 2 is 2.36 bits per heavy atom. The van der Waals surface area contributed by atoms with E-state index in [2.05, 4.69) is 15.1 Å². The molecule has 1 aromatic heterocycles. The van der Waals surface area contributed by atoms with Crippen molar-refractivity contribution in [2.75, 3.05) is 26.2 Å². The van der Waals surface area contributed by atoms with Crippen LogP contribution in [0, 0.1) is 0 Å². The van der Waals surface area contributed by atoms with Gasteiger partial charge >= 0.3 is 0 Å². The van der Waals surface area contributed by atoms with E-state index in [9.17, 15) is 5.11 Å². The summed E-state index contributed by atoms with van der Waals surface area (Å²) in [4.78, 5) is 2.18. The number of β-amino-alcohol motifs (C(OH)–C–C–N with tert-alkyl or cyclic N) is 1. The summed E-state index contributed by atoms with van der Waals surface area (Å²) in [5.41, 5.74) is 0.828. The molecule has 0 aliphatic carbocycles. The van der Waals surface area contributed by atoms with E-state index in [-0.39, 0.29) is 6.10 Å². The Kier molecular flexibility index (Phi) is 4.73. The van der Waals surface area contributed by atoms with Crippen molar-refractivity contribution in [3.63, 3.8) is 0 Å². The van der Waals surface area contributed by atoms with Gasteiger partial charge in [-0.25, -0.2) is 0 Å². The maximum absolute atomic E-state index is 10.4. The highest BCUT2D eigenvalue weighted by Crippen LogP contribution is 2.23. The van der Waals surface area contributed by atoms with E-state index < -0.39 is 6.10 Å². The molecule has 2 heterocycles. The summed E-state index contributed by atoms with van der Waals surface area (Å²) in [6.45, 7) is 2.62. The second kappa shape index (κ2) is 6.75. The van der Waals surface area contributed by atoms with Crippen molar-refractivity contribution >= 4 is 11.6 Å². The first-order valence-electron chi connectivity index (χ1n) is 7.25. The maximum Gasteiger partial charge on any atom is 0.163 e. The topological polar surface area (TPSA) is 63.4 Å². The summed E-state index contributed by atoms with van der Waals surface area (Å²) >= 11 is 5.98. The van der Waals surface area contributed by atoms with Crippen molar-refractivity contribution in [2.24, 2.45) is 7.05 Å². The van der Waals surface area contributed by atoms with Crippen LogP contribution in [-0.4, -0.2) is 51.0 Å². The van der Waals surface area contributed by atoms with Crippen LogP contribution in [0.15, 0.2) is 30.6 Å².